The molecule has 1 aromatic rings. The molecule has 1 unspecified atom stereocenters. The molecule has 0 radical (unpaired) electrons. The molecule has 1 aliphatic heterocycles. The Morgan fingerprint density at radius 3 is 2.64 bits per heavy atom. The Morgan fingerprint density at radius 1 is 1.27 bits per heavy atom. The Balaban J connectivity index is 2.14. The maximum absolute atomic E-state index is 12.6. The van der Waals surface area contributed by atoms with Crippen LogP contribution in [-0.2, 0) is 9.59 Å². The minimum absolute atomic E-state index is 0.0234. The van der Waals surface area contributed by atoms with E-state index in [0.717, 1.165) is 24.9 Å². The van der Waals surface area contributed by atoms with Gasteiger partial charge in [-0.25, -0.2) is 0 Å². The van der Waals surface area contributed by atoms with Crippen LogP contribution in [0.5, 0.6) is 0 Å². The van der Waals surface area contributed by atoms with E-state index in [1.54, 1.807) is 4.90 Å². The van der Waals surface area contributed by atoms with Gasteiger partial charge in [0.25, 0.3) is 0 Å². The highest BCUT2D eigenvalue weighted by Gasteiger charge is 2.33. The summed E-state index contributed by atoms with van der Waals surface area (Å²) in [6.07, 6.45) is 3.35. The van der Waals surface area contributed by atoms with Gasteiger partial charge in [0, 0.05) is 31.4 Å². The molecule has 5 nitrogen and oxygen atoms in total. The van der Waals surface area contributed by atoms with Crippen molar-refractivity contribution in [1.29, 1.82) is 0 Å². The first-order chi connectivity index (χ1) is 10.7. The van der Waals surface area contributed by atoms with Gasteiger partial charge in [0.1, 0.15) is 0 Å². The van der Waals surface area contributed by atoms with E-state index in [1.165, 1.54) is 4.90 Å². The number of amides is 2. The van der Waals surface area contributed by atoms with Crippen molar-refractivity contribution in [1.82, 2.24) is 4.90 Å². The van der Waals surface area contributed by atoms with Crippen LogP contribution in [0.1, 0.15) is 32.6 Å². The Morgan fingerprint density at radius 2 is 2.00 bits per heavy atom. The smallest absolute Gasteiger partial charge is 0.316 e. The van der Waals surface area contributed by atoms with Crippen LogP contribution in [0.25, 0.3) is 0 Å². The highest BCUT2D eigenvalue weighted by Crippen LogP contribution is 2.21. The predicted molar refractivity (Wildman–Crippen MR) is 85.5 cm³/mol. The zero-order valence-corrected chi connectivity index (χ0v) is 13.1. The van der Waals surface area contributed by atoms with Gasteiger partial charge in [0.05, 0.1) is 0 Å². The third-order valence-corrected chi connectivity index (χ3v) is 4.16. The quantitative estimate of drug-likeness (QED) is 0.863. The summed E-state index contributed by atoms with van der Waals surface area (Å²) in [6, 6.07) is 9.22. The number of aliphatic hydroxyl groups is 1. The van der Waals surface area contributed by atoms with Crippen LogP contribution >= 0.6 is 0 Å². The second kappa shape index (κ2) is 7.94. The maximum atomic E-state index is 12.6. The number of nitrogens with zero attached hydrogens (tertiary/aromatic N) is 2. The Bertz CT molecular complexity index is 502. The zero-order valence-electron chi connectivity index (χ0n) is 13.1. The SMILES string of the molecule is CCN(C(=O)C(=O)N1CCCCC1CCO)c1ccccc1. The van der Waals surface area contributed by atoms with Crippen LogP contribution in [0.15, 0.2) is 30.3 Å². The van der Waals surface area contributed by atoms with Gasteiger partial charge in [-0.15, -0.1) is 0 Å². The summed E-state index contributed by atoms with van der Waals surface area (Å²) in [4.78, 5) is 28.4. The molecule has 120 valence electrons. The van der Waals surface area contributed by atoms with Crippen molar-refractivity contribution < 1.29 is 14.7 Å². The van der Waals surface area contributed by atoms with Gasteiger partial charge in [0.15, 0.2) is 0 Å². The highest BCUT2D eigenvalue weighted by atomic mass is 16.3. The van der Waals surface area contributed by atoms with Crippen LogP contribution in [0.2, 0.25) is 0 Å². The Labute approximate surface area is 131 Å². The molecule has 1 aromatic carbocycles. The van der Waals surface area contributed by atoms with Crippen LogP contribution in [0, 0.1) is 0 Å². The molecule has 1 fully saturated rings. The molecular formula is C17H24N2O3. The molecular weight excluding hydrogens is 280 g/mol. The zero-order chi connectivity index (χ0) is 15.9. The molecule has 2 amide bonds. The second-order valence-corrected chi connectivity index (χ2v) is 5.55. The van der Waals surface area contributed by atoms with E-state index < -0.39 is 11.8 Å². The van der Waals surface area contributed by atoms with Gasteiger partial charge in [-0.05, 0) is 44.7 Å². The topological polar surface area (TPSA) is 60.9 Å². The minimum atomic E-state index is -0.487. The molecule has 0 spiro atoms. The number of carbonyl (C=O) groups is 2. The van der Waals surface area contributed by atoms with Gasteiger partial charge in [0.2, 0.25) is 0 Å². The van der Waals surface area contributed by atoms with Crippen LogP contribution in [0.3, 0.4) is 0 Å². The number of rotatable bonds is 4. The number of likely N-dealkylation sites (tertiary alicyclic amines) is 1. The van der Waals surface area contributed by atoms with Crippen LogP contribution in [0.4, 0.5) is 5.69 Å². The lowest BCUT2D eigenvalue weighted by atomic mass is 9.99. The van der Waals surface area contributed by atoms with E-state index >= 15 is 0 Å². The third kappa shape index (κ3) is 3.65. The van der Waals surface area contributed by atoms with Gasteiger partial charge < -0.3 is 14.9 Å². The standard InChI is InChI=1S/C17H24N2O3/c1-2-18(14-8-4-3-5-9-14)16(21)17(22)19-12-7-6-10-15(19)11-13-20/h3-5,8-9,15,20H,2,6-7,10-13H2,1H3. The average molecular weight is 304 g/mol. The van der Waals surface area contributed by atoms with E-state index in [2.05, 4.69) is 0 Å². The fourth-order valence-corrected chi connectivity index (χ4v) is 3.01. The number of aliphatic hydroxyl groups excluding tert-OH is 1. The van der Waals surface area contributed by atoms with Crippen molar-refractivity contribution >= 4 is 17.5 Å². The van der Waals surface area contributed by atoms with Crippen LogP contribution < -0.4 is 4.90 Å². The van der Waals surface area contributed by atoms with Crippen molar-refractivity contribution in [2.24, 2.45) is 0 Å². The van der Waals surface area contributed by atoms with E-state index in [1.807, 2.05) is 37.3 Å². The normalized spacial score (nSPS) is 18.1. The van der Waals surface area contributed by atoms with Gasteiger partial charge in [-0.3, -0.25) is 9.59 Å². The molecule has 2 rings (SSSR count). The summed E-state index contributed by atoms with van der Waals surface area (Å²) < 4.78 is 0. The van der Waals surface area contributed by atoms with Crippen molar-refractivity contribution in [3.63, 3.8) is 0 Å². The molecule has 1 atom stereocenters. The largest absolute Gasteiger partial charge is 0.396 e. The van der Waals surface area contributed by atoms with E-state index in [4.69, 9.17) is 5.11 Å². The summed E-state index contributed by atoms with van der Waals surface area (Å²) >= 11 is 0. The number of carbonyl (C=O) groups excluding carboxylic acids is 2. The lowest BCUT2D eigenvalue weighted by molar-refractivity contribution is -0.147. The number of hydrogen-bond acceptors (Lipinski definition) is 3. The molecule has 1 saturated heterocycles. The number of piperidine rings is 1. The summed E-state index contributed by atoms with van der Waals surface area (Å²) in [5.41, 5.74) is 0.735. The fraction of sp³-hybridized carbons (Fsp3) is 0.529. The first-order valence-corrected chi connectivity index (χ1v) is 7.97. The Hall–Kier alpha value is -1.88. The first-order valence-electron chi connectivity index (χ1n) is 7.97. The number of likely N-dealkylation sites (N-methyl/N-ethyl adjacent to an activating group) is 1. The molecule has 22 heavy (non-hydrogen) atoms. The van der Waals surface area contributed by atoms with Gasteiger partial charge in [-0.2, -0.15) is 0 Å². The predicted octanol–water partition coefficient (Wildman–Crippen LogP) is 1.80. The Kier molecular flexibility index (Phi) is 5.95. The molecule has 1 N–H and O–H groups in total. The summed E-state index contributed by atoms with van der Waals surface area (Å²) in [7, 11) is 0. The lowest BCUT2D eigenvalue weighted by Crippen LogP contribution is -2.51. The number of benzene rings is 1. The molecule has 0 aliphatic carbocycles. The van der Waals surface area contributed by atoms with Crippen molar-refractivity contribution in [2.45, 2.75) is 38.6 Å². The van der Waals surface area contributed by atoms with E-state index in [-0.39, 0.29) is 12.6 Å². The molecule has 1 aliphatic rings. The third-order valence-electron chi connectivity index (χ3n) is 4.16. The van der Waals surface area contributed by atoms with Crippen LogP contribution in [-0.4, -0.2) is 47.6 Å². The highest BCUT2D eigenvalue weighted by molar-refractivity contribution is 6.40. The minimum Gasteiger partial charge on any atom is -0.396 e. The monoisotopic (exact) mass is 304 g/mol. The summed E-state index contributed by atoms with van der Waals surface area (Å²) in [6.45, 7) is 2.95. The van der Waals surface area contributed by atoms with Gasteiger partial charge >= 0.3 is 11.8 Å². The van der Waals surface area contributed by atoms with Gasteiger partial charge in [-0.1, -0.05) is 18.2 Å². The van der Waals surface area contributed by atoms with Crippen molar-refractivity contribution in [3.05, 3.63) is 30.3 Å². The number of anilines is 1. The summed E-state index contributed by atoms with van der Waals surface area (Å²) in [5, 5.41) is 9.16. The van der Waals surface area contributed by atoms with E-state index in [0.29, 0.717) is 19.5 Å². The summed E-state index contributed by atoms with van der Waals surface area (Å²) in [5.74, 6) is -0.942. The second-order valence-electron chi connectivity index (χ2n) is 5.55. The molecule has 0 bridgehead atoms. The van der Waals surface area contributed by atoms with E-state index in [9.17, 15) is 9.59 Å². The molecule has 0 aromatic heterocycles. The molecule has 0 saturated carbocycles. The van der Waals surface area contributed by atoms with Crippen molar-refractivity contribution in [2.75, 3.05) is 24.6 Å². The van der Waals surface area contributed by atoms with Crippen molar-refractivity contribution in [3.8, 4) is 0 Å². The first kappa shape index (κ1) is 16.5. The molecule has 5 heteroatoms. The number of hydrogen-bond donors (Lipinski definition) is 1. The maximum Gasteiger partial charge on any atom is 0.316 e. The fourth-order valence-electron chi connectivity index (χ4n) is 3.01. The molecule has 1 heterocycles. The lowest BCUT2D eigenvalue weighted by Gasteiger charge is -2.36. The number of para-hydroxylation sites is 1. The average Bonchev–Trinajstić information content (AvgIpc) is 2.56.